The van der Waals surface area contributed by atoms with Crippen LogP contribution < -0.4 is 20.1 Å². The van der Waals surface area contributed by atoms with Crippen molar-refractivity contribution in [1.29, 1.82) is 0 Å². The van der Waals surface area contributed by atoms with Gasteiger partial charge < -0.3 is 20.1 Å². The van der Waals surface area contributed by atoms with Crippen LogP contribution in [0.5, 0.6) is 11.5 Å². The maximum Gasteiger partial charge on any atom is 0.241 e. The lowest BCUT2D eigenvalue weighted by Gasteiger charge is -2.17. The van der Waals surface area contributed by atoms with Crippen molar-refractivity contribution < 1.29 is 14.3 Å². The second kappa shape index (κ2) is 9.75. The van der Waals surface area contributed by atoms with Crippen LogP contribution in [-0.4, -0.2) is 26.2 Å². The molecule has 29 heavy (non-hydrogen) atoms. The first kappa shape index (κ1) is 20.4. The number of anilines is 1. The zero-order valence-corrected chi connectivity index (χ0v) is 16.9. The predicted octanol–water partition coefficient (Wildman–Crippen LogP) is 4.49. The van der Waals surface area contributed by atoms with Gasteiger partial charge in [-0.15, -0.1) is 0 Å². The maximum absolute atomic E-state index is 12.7. The lowest BCUT2D eigenvalue weighted by Crippen LogP contribution is -2.37. The zero-order chi connectivity index (χ0) is 20.6. The SMILES string of the molecule is COc1ccc(CNC(C)C(=O)Nc2ccccc2-c2ccccc2)cc1OC. The summed E-state index contributed by atoms with van der Waals surface area (Å²) in [7, 11) is 3.21. The minimum atomic E-state index is -0.369. The average Bonchev–Trinajstić information content (AvgIpc) is 2.78. The van der Waals surface area contributed by atoms with E-state index in [-0.39, 0.29) is 11.9 Å². The lowest BCUT2D eigenvalue weighted by atomic mass is 10.0. The Labute approximate surface area is 171 Å². The second-order valence-electron chi connectivity index (χ2n) is 6.69. The van der Waals surface area contributed by atoms with Crippen LogP contribution in [0.15, 0.2) is 72.8 Å². The first-order valence-corrected chi connectivity index (χ1v) is 9.52. The van der Waals surface area contributed by atoms with E-state index in [2.05, 4.69) is 10.6 Å². The molecular formula is C24H26N2O3. The summed E-state index contributed by atoms with van der Waals surface area (Å²) >= 11 is 0. The van der Waals surface area contributed by atoms with E-state index in [9.17, 15) is 4.79 Å². The van der Waals surface area contributed by atoms with Crippen LogP contribution in [0.3, 0.4) is 0 Å². The molecule has 5 heteroatoms. The second-order valence-corrected chi connectivity index (χ2v) is 6.69. The highest BCUT2D eigenvalue weighted by Crippen LogP contribution is 2.28. The molecule has 0 bridgehead atoms. The number of ether oxygens (including phenoxy) is 2. The van der Waals surface area contributed by atoms with Crippen molar-refractivity contribution in [3.63, 3.8) is 0 Å². The van der Waals surface area contributed by atoms with Crippen molar-refractivity contribution in [1.82, 2.24) is 5.32 Å². The molecule has 1 unspecified atom stereocenters. The molecule has 1 amide bonds. The summed E-state index contributed by atoms with van der Waals surface area (Å²) in [6, 6.07) is 23.2. The van der Waals surface area contributed by atoms with E-state index in [1.54, 1.807) is 14.2 Å². The van der Waals surface area contributed by atoms with Gasteiger partial charge >= 0.3 is 0 Å². The normalized spacial score (nSPS) is 11.6. The van der Waals surface area contributed by atoms with Gasteiger partial charge in [0, 0.05) is 17.8 Å². The van der Waals surface area contributed by atoms with Gasteiger partial charge in [-0.2, -0.15) is 0 Å². The van der Waals surface area contributed by atoms with Gasteiger partial charge in [0.1, 0.15) is 0 Å². The van der Waals surface area contributed by atoms with Crippen LogP contribution in [-0.2, 0) is 11.3 Å². The highest BCUT2D eigenvalue weighted by atomic mass is 16.5. The molecule has 0 radical (unpaired) electrons. The van der Waals surface area contributed by atoms with E-state index >= 15 is 0 Å². The quantitative estimate of drug-likeness (QED) is 0.595. The van der Waals surface area contributed by atoms with E-state index in [1.807, 2.05) is 79.7 Å². The Kier molecular flexibility index (Phi) is 6.87. The average molecular weight is 390 g/mol. The van der Waals surface area contributed by atoms with Gasteiger partial charge in [-0.05, 0) is 36.2 Å². The molecule has 3 aromatic rings. The summed E-state index contributed by atoms with van der Waals surface area (Å²) < 4.78 is 10.6. The molecule has 0 aliphatic heterocycles. The third-order valence-corrected chi connectivity index (χ3v) is 4.72. The van der Waals surface area contributed by atoms with Crippen molar-refractivity contribution >= 4 is 11.6 Å². The van der Waals surface area contributed by atoms with Gasteiger partial charge in [0.05, 0.1) is 20.3 Å². The Hall–Kier alpha value is -3.31. The molecule has 0 saturated carbocycles. The molecule has 3 rings (SSSR count). The van der Waals surface area contributed by atoms with Gasteiger partial charge in [0.15, 0.2) is 11.5 Å². The predicted molar refractivity (Wildman–Crippen MR) is 116 cm³/mol. The van der Waals surface area contributed by atoms with E-state index in [1.165, 1.54) is 0 Å². The molecule has 0 heterocycles. The van der Waals surface area contributed by atoms with Crippen molar-refractivity contribution in [3.8, 4) is 22.6 Å². The van der Waals surface area contributed by atoms with Crippen LogP contribution in [0.4, 0.5) is 5.69 Å². The van der Waals surface area contributed by atoms with Crippen molar-refractivity contribution in [2.75, 3.05) is 19.5 Å². The Balaban J connectivity index is 1.65. The first-order chi connectivity index (χ1) is 14.1. The third kappa shape index (κ3) is 5.15. The first-order valence-electron chi connectivity index (χ1n) is 9.52. The standard InChI is InChI=1S/C24H26N2O3/c1-17(25-16-18-13-14-22(28-2)23(15-18)29-3)24(27)26-21-12-8-7-11-20(21)19-9-5-4-6-10-19/h4-15,17,25H,16H2,1-3H3,(H,26,27). The summed E-state index contributed by atoms with van der Waals surface area (Å²) in [6.45, 7) is 2.39. The van der Waals surface area contributed by atoms with Crippen LogP contribution >= 0.6 is 0 Å². The van der Waals surface area contributed by atoms with Gasteiger partial charge in [-0.3, -0.25) is 4.79 Å². The molecule has 0 fully saturated rings. The Bertz CT molecular complexity index is 957. The topological polar surface area (TPSA) is 59.6 Å². The molecule has 5 nitrogen and oxygen atoms in total. The molecule has 2 N–H and O–H groups in total. The molecule has 0 aliphatic rings. The third-order valence-electron chi connectivity index (χ3n) is 4.72. The molecule has 0 aliphatic carbocycles. The number of nitrogens with one attached hydrogen (secondary N) is 2. The Morgan fingerprint density at radius 1 is 0.897 bits per heavy atom. The van der Waals surface area contributed by atoms with Crippen LogP contribution in [0.25, 0.3) is 11.1 Å². The summed E-state index contributed by atoms with van der Waals surface area (Å²) in [6.07, 6.45) is 0. The van der Waals surface area contributed by atoms with Crippen molar-refractivity contribution in [3.05, 3.63) is 78.4 Å². The fraction of sp³-hybridized carbons (Fsp3) is 0.208. The van der Waals surface area contributed by atoms with Crippen molar-refractivity contribution in [2.45, 2.75) is 19.5 Å². The van der Waals surface area contributed by atoms with Gasteiger partial charge in [-0.1, -0.05) is 54.6 Å². The number of methoxy groups -OCH3 is 2. The molecule has 0 aromatic heterocycles. The lowest BCUT2D eigenvalue weighted by molar-refractivity contribution is -0.117. The Morgan fingerprint density at radius 3 is 2.31 bits per heavy atom. The number of carbonyl (C=O) groups excluding carboxylic acids is 1. The van der Waals surface area contributed by atoms with E-state index < -0.39 is 0 Å². The number of hydrogen-bond donors (Lipinski definition) is 2. The minimum absolute atomic E-state index is 0.0890. The van der Waals surface area contributed by atoms with Gasteiger partial charge in [0.2, 0.25) is 5.91 Å². The number of rotatable bonds is 8. The van der Waals surface area contributed by atoms with E-state index in [0.717, 1.165) is 22.4 Å². The molecular weight excluding hydrogens is 364 g/mol. The summed E-state index contributed by atoms with van der Waals surface area (Å²) in [5.41, 5.74) is 3.86. The molecule has 0 spiro atoms. The van der Waals surface area contributed by atoms with Crippen LogP contribution in [0.1, 0.15) is 12.5 Å². The van der Waals surface area contributed by atoms with Crippen LogP contribution in [0, 0.1) is 0 Å². The zero-order valence-electron chi connectivity index (χ0n) is 16.9. The molecule has 0 saturated heterocycles. The van der Waals surface area contributed by atoms with Crippen LogP contribution in [0.2, 0.25) is 0 Å². The number of para-hydroxylation sites is 1. The monoisotopic (exact) mass is 390 g/mol. The smallest absolute Gasteiger partial charge is 0.241 e. The number of carbonyl (C=O) groups is 1. The largest absolute Gasteiger partial charge is 0.493 e. The Morgan fingerprint density at radius 2 is 1.59 bits per heavy atom. The summed E-state index contributed by atoms with van der Waals surface area (Å²) in [4.78, 5) is 12.7. The minimum Gasteiger partial charge on any atom is -0.493 e. The molecule has 3 aromatic carbocycles. The number of benzene rings is 3. The summed E-state index contributed by atoms with van der Waals surface area (Å²) in [5.74, 6) is 1.26. The maximum atomic E-state index is 12.7. The van der Waals surface area contributed by atoms with E-state index in [4.69, 9.17) is 9.47 Å². The number of amides is 1. The highest BCUT2D eigenvalue weighted by Gasteiger charge is 2.15. The number of hydrogen-bond acceptors (Lipinski definition) is 4. The molecule has 150 valence electrons. The molecule has 1 atom stereocenters. The van der Waals surface area contributed by atoms with Gasteiger partial charge in [0.25, 0.3) is 0 Å². The summed E-state index contributed by atoms with van der Waals surface area (Å²) in [5, 5.41) is 6.30. The fourth-order valence-corrected chi connectivity index (χ4v) is 3.06. The van der Waals surface area contributed by atoms with E-state index in [0.29, 0.717) is 18.0 Å². The van der Waals surface area contributed by atoms with Crippen molar-refractivity contribution in [2.24, 2.45) is 0 Å². The highest BCUT2D eigenvalue weighted by molar-refractivity contribution is 5.98. The fourth-order valence-electron chi connectivity index (χ4n) is 3.06. The van der Waals surface area contributed by atoms with Gasteiger partial charge in [-0.25, -0.2) is 0 Å².